The number of alkyl halides is 3. The van der Waals surface area contributed by atoms with Gasteiger partial charge >= 0.3 is 6.18 Å². The number of nitrogens with two attached hydrogens (primary N) is 1. The Kier molecular flexibility index (Phi) is 2.38. The molecule has 2 rings (SSSR count). The SMILES string of the molecule is CC1(C)C(N)C1(C)c1ccccc1C(F)(F)F. The van der Waals surface area contributed by atoms with Gasteiger partial charge in [-0.1, -0.05) is 39.0 Å². The second-order valence-corrected chi connectivity index (χ2v) is 5.45. The van der Waals surface area contributed by atoms with E-state index in [0.717, 1.165) is 6.07 Å². The molecule has 4 heteroatoms. The summed E-state index contributed by atoms with van der Waals surface area (Å²) >= 11 is 0. The molecular formula is C13H16F3N. The zero-order valence-electron chi connectivity index (χ0n) is 10.1. The minimum Gasteiger partial charge on any atom is -0.326 e. The van der Waals surface area contributed by atoms with E-state index in [1.807, 2.05) is 20.8 Å². The quantitative estimate of drug-likeness (QED) is 0.804. The van der Waals surface area contributed by atoms with E-state index in [0.29, 0.717) is 5.56 Å². The first-order valence-electron chi connectivity index (χ1n) is 5.55. The standard InChI is InChI=1S/C13H16F3N/c1-11(2)10(17)12(11,3)8-6-4-5-7-9(8)13(14,15)16/h4-7,10H,17H2,1-3H3. The van der Waals surface area contributed by atoms with Gasteiger partial charge in [-0.3, -0.25) is 0 Å². The molecule has 1 aliphatic rings. The molecule has 0 bridgehead atoms. The van der Waals surface area contributed by atoms with Crippen molar-refractivity contribution in [2.24, 2.45) is 11.1 Å². The largest absolute Gasteiger partial charge is 0.416 e. The van der Waals surface area contributed by atoms with E-state index in [9.17, 15) is 13.2 Å². The Morgan fingerprint density at radius 1 is 1.12 bits per heavy atom. The maximum Gasteiger partial charge on any atom is 0.416 e. The molecule has 2 unspecified atom stereocenters. The number of hydrogen-bond acceptors (Lipinski definition) is 1. The Morgan fingerprint density at radius 3 is 2.00 bits per heavy atom. The van der Waals surface area contributed by atoms with Gasteiger partial charge < -0.3 is 5.73 Å². The predicted octanol–water partition coefficient (Wildman–Crippen LogP) is 3.33. The van der Waals surface area contributed by atoms with Crippen LogP contribution in [-0.4, -0.2) is 6.04 Å². The molecule has 1 aromatic carbocycles. The molecule has 17 heavy (non-hydrogen) atoms. The number of hydrogen-bond donors (Lipinski definition) is 1. The first kappa shape index (κ1) is 12.4. The maximum atomic E-state index is 12.9. The number of rotatable bonds is 1. The van der Waals surface area contributed by atoms with Crippen molar-refractivity contribution in [3.05, 3.63) is 35.4 Å². The van der Waals surface area contributed by atoms with Crippen molar-refractivity contribution in [3.63, 3.8) is 0 Å². The summed E-state index contributed by atoms with van der Waals surface area (Å²) in [5, 5.41) is 0. The normalized spacial score (nSPS) is 31.4. The van der Waals surface area contributed by atoms with Gasteiger partial charge in [0, 0.05) is 11.5 Å². The van der Waals surface area contributed by atoms with E-state index in [1.165, 1.54) is 12.1 Å². The zero-order valence-corrected chi connectivity index (χ0v) is 10.1. The van der Waals surface area contributed by atoms with Crippen molar-refractivity contribution in [2.75, 3.05) is 0 Å². The Morgan fingerprint density at radius 2 is 1.59 bits per heavy atom. The number of halogens is 3. The smallest absolute Gasteiger partial charge is 0.326 e. The van der Waals surface area contributed by atoms with Crippen LogP contribution in [0.1, 0.15) is 31.9 Å². The Labute approximate surface area is 98.8 Å². The lowest BCUT2D eigenvalue weighted by atomic mass is 9.86. The highest BCUT2D eigenvalue weighted by molar-refractivity contribution is 5.47. The summed E-state index contributed by atoms with van der Waals surface area (Å²) in [6.07, 6.45) is -4.32. The van der Waals surface area contributed by atoms with Crippen LogP contribution in [0.5, 0.6) is 0 Å². The average Bonchev–Trinajstić information content (AvgIpc) is 2.63. The first-order chi connectivity index (χ1) is 7.63. The molecule has 0 heterocycles. The van der Waals surface area contributed by atoms with Gasteiger partial charge in [-0.25, -0.2) is 0 Å². The van der Waals surface area contributed by atoms with Crippen molar-refractivity contribution in [3.8, 4) is 0 Å². The van der Waals surface area contributed by atoms with Gasteiger partial charge in [0.1, 0.15) is 0 Å². The monoisotopic (exact) mass is 243 g/mol. The molecule has 0 aromatic heterocycles. The topological polar surface area (TPSA) is 26.0 Å². The molecule has 1 saturated carbocycles. The summed E-state index contributed by atoms with van der Waals surface area (Å²) in [7, 11) is 0. The summed E-state index contributed by atoms with van der Waals surface area (Å²) < 4.78 is 38.8. The molecule has 1 fully saturated rings. The molecule has 2 atom stereocenters. The minimum atomic E-state index is -4.32. The van der Waals surface area contributed by atoms with Crippen LogP contribution in [0.2, 0.25) is 0 Å². The molecule has 0 saturated heterocycles. The highest BCUT2D eigenvalue weighted by Crippen LogP contribution is 2.64. The maximum absolute atomic E-state index is 12.9. The van der Waals surface area contributed by atoms with Gasteiger partial charge in [-0.2, -0.15) is 13.2 Å². The fraction of sp³-hybridized carbons (Fsp3) is 0.538. The van der Waals surface area contributed by atoms with E-state index in [-0.39, 0.29) is 11.5 Å². The summed E-state index contributed by atoms with van der Waals surface area (Å²) in [5.74, 6) is 0. The average molecular weight is 243 g/mol. The zero-order chi connectivity index (χ0) is 13.1. The van der Waals surface area contributed by atoms with Crippen molar-refractivity contribution < 1.29 is 13.2 Å². The number of benzene rings is 1. The van der Waals surface area contributed by atoms with Gasteiger partial charge in [0.2, 0.25) is 0 Å². The van der Waals surface area contributed by atoms with Gasteiger partial charge in [0.15, 0.2) is 0 Å². The third kappa shape index (κ3) is 1.50. The molecule has 94 valence electrons. The second kappa shape index (κ2) is 3.25. The third-order valence-electron chi connectivity index (χ3n) is 4.45. The molecule has 1 nitrogen and oxygen atoms in total. The highest BCUT2D eigenvalue weighted by Gasteiger charge is 2.68. The summed E-state index contributed by atoms with van der Waals surface area (Å²) in [5.41, 5.74) is 4.80. The predicted molar refractivity (Wildman–Crippen MR) is 60.6 cm³/mol. The van der Waals surface area contributed by atoms with E-state index in [4.69, 9.17) is 5.73 Å². The second-order valence-electron chi connectivity index (χ2n) is 5.45. The van der Waals surface area contributed by atoms with Crippen LogP contribution in [0, 0.1) is 5.41 Å². The Bertz CT molecular complexity index is 450. The molecule has 0 spiro atoms. The van der Waals surface area contributed by atoms with Crippen molar-refractivity contribution >= 4 is 0 Å². The van der Waals surface area contributed by atoms with Gasteiger partial charge in [-0.05, 0) is 17.0 Å². The lowest BCUT2D eigenvalue weighted by molar-refractivity contribution is -0.138. The molecule has 1 aromatic rings. The highest BCUT2D eigenvalue weighted by atomic mass is 19.4. The first-order valence-corrected chi connectivity index (χ1v) is 5.55. The van der Waals surface area contributed by atoms with Crippen molar-refractivity contribution in [1.29, 1.82) is 0 Å². The van der Waals surface area contributed by atoms with E-state index < -0.39 is 17.2 Å². The molecule has 0 aliphatic heterocycles. The fourth-order valence-electron chi connectivity index (χ4n) is 2.72. The molecule has 0 amide bonds. The van der Waals surface area contributed by atoms with Crippen LogP contribution in [0.25, 0.3) is 0 Å². The lowest BCUT2D eigenvalue weighted by Gasteiger charge is -2.20. The fourth-order valence-corrected chi connectivity index (χ4v) is 2.72. The van der Waals surface area contributed by atoms with Crippen LogP contribution in [0.3, 0.4) is 0 Å². The molecule has 0 radical (unpaired) electrons. The van der Waals surface area contributed by atoms with Crippen LogP contribution in [0.4, 0.5) is 13.2 Å². The summed E-state index contributed by atoms with van der Waals surface area (Å²) in [6, 6.07) is 5.48. The minimum absolute atomic E-state index is 0.237. The van der Waals surface area contributed by atoms with Gasteiger partial charge in [0.05, 0.1) is 5.56 Å². The van der Waals surface area contributed by atoms with Crippen LogP contribution in [0.15, 0.2) is 24.3 Å². The molecular weight excluding hydrogens is 227 g/mol. The summed E-state index contributed by atoms with van der Waals surface area (Å²) in [4.78, 5) is 0. The Hall–Kier alpha value is -1.03. The van der Waals surface area contributed by atoms with Gasteiger partial charge in [-0.15, -0.1) is 0 Å². The lowest BCUT2D eigenvalue weighted by Crippen LogP contribution is -2.20. The van der Waals surface area contributed by atoms with Crippen LogP contribution in [-0.2, 0) is 11.6 Å². The van der Waals surface area contributed by atoms with Crippen LogP contribution >= 0.6 is 0 Å². The van der Waals surface area contributed by atoms with Crippen molar-refractivity contribution in [2.45, 2.75) is 38.4 Å². The van der Waals surface area contributed by atoms with E-state index in [2.05, 4.69) is 0 Å². The van der Waals surface area contributed by atoms with E-state index in [1.54, 1.807) is 6.07 Å². The van der Waals surface area contributed by atoms with E-state index >= 15 is 0 Å². The molecule has 2 N–H and O–H groups in total. The van der Waals surface area contributed by atoms with Gasteiger partial charge in [0.25, 0.3) is 0 Å². The van der Waals surface area contributed by atoms with Crippen molar-refractivity contribution in [1.82, 2.24) is 0 Å². The Balaban J connectivity index is 2.56. The summed E-state index contributed by atoms with van der Waals surface area (Å²) in [6.45, 7) is 5.62. The molecule has 1 aliphatic carbocycles. The third-order valence-corrected chi connectivity index (χ3v) is 4.45. The van der Waals surface area contributed by atoms with Crippen LogP contribution < -0.4 is 5.73 Å².